The molecule has 10 heteroatoms. The monoisotopic (exact) mass is 218 g/mol. The minimum absolute atomic E-state index is 0. The van der Waals surface area contributed by atoms with Crippen LogP contribution in [0.15, 0.2) is 0 Å². The topological polar surface area (TPSA) is 238 Å². The summed E-state index contributed by atoms with van der Waals surface area (Å²) in [6, 6.07) is 0. The summed E-state index contributed by atoms with van der Waals surface area (Å²) in [6.07, 6.45) is 0. The average molecular weight is 218 g/mol. The summed E-state index contributed by atoms with van der Waals surface area (Å²) in [6.45, 7) is 0. The van der Waals surface area contributed by atoms with Gasteiger partial charge < -0.3 is 47.2 Å². The molecular formula is C2H10CaO9. The van der Waals surface area contributed by atoms with E-state index >= 15 is 0 Å². The summed E-state index contributed by atoms with van der Waals surface area (Å²) < 4.78 is 0. The maximum Gasteiger partial charge on any atom is 2.00 e. The molecule has 0 aromatic rings. The third-order valence-corrected chi connectivity index (χ3v) is 0.167. The molecule has 0 aliphatic rings. The van der Waals surface area contributed by atoms with E-state index in [1.54, 1.807) is 0 Å². The van der Waals surface area contributed by atoms with Gasteiger partial charge in [-0.1, -0.05) is 0 Å². The van der Waals surface area contributed by atoms with Gasteiger partial charge >= 0.3 is 37.7 Å². The first-order valence-electron chi connectivity index (χ1n) is 1.07. The van der Waals surface area contributed by atoms with E-state index in [9.17, 15) is 0 Å². The summed E-state index contributed by atoms with van der Waals surface area (Å²) in [5.41, 5.74) is 0. The van der Waals surface area contributed by atoms with E-state index in [4.69, 9.17) is 19.8 Å². The standard InChI is InChI=1S/C2H2O4.Ca.5H2O/c3-1(4)2(5)6;;;;;;/h(H,3,4)(H,5,6);;5*1H2/q;+2;;;;;/p-2. The first-order valence-corrected chi connectivity index (χ1v) is 1.07. The fourth-order valence-corrected chi connectivity index (χ4v) is 0. The van der Waals surface area contributed by atoms with Crippen molar-refractivity contribution in [2.75, 3.05) is 0 Å². The predicted molar refractivity (Wildman–Crippen MR) is 33.8 cm³/mol. The molecule has 9 nitrogen and oxygen atoms in total. The van der Waals surface area contributed by atoms with Crippen LogP contribution in [0.1, 0.15) is 0 Å². The summed E-state index contributed by atoms with van der Waals surface area (Å²) in [7, 11) is 0. The normalized spacial score (nSPS) is 3.67. The van der Waals surface area contributed by atoms with Crippen molar-refractivity contribution >= 4 is 49.7 Å². The van der Waals surface area contributed by atoms with E-state index in [-0.39, 0.29) is 65.1 Å². The molecule has 0 amide bonds. The van der Waals surface area contributed by atoms with Crippen LogP contribution in [0.2, 0.25) is 0 Å². The van der Waals surface area contributed by atoms with Gasteiger partial charge in [-0.2, -0.15) is 0 Å². The van der Waals surface area contributed by atoms with E-state index in [2.05, 4.69) is 0 Å². The van der Waals surface area contributed by atoms with Crippen LogP contribution in [-0.2, 0) is 9.59 Å². The third-order valence-electron chi connectivity index (χ3n) is 0.167. The molecule has 0 fully saturated rings. The number of rotatable bonds is 0. The second-order valence-electron chi connectivity index (χ2n) is 0.575. The summed E-state index contributed by atoms with van der Waals surface area (Å²) >= 11 is 0. The zero-order chi connectivity index (χ0) is 5.15. The summed E-state index contributed by atoms with van der Waals surface area (Å²) in [4.78, 5) is 17.9. The smallest absolute Gasteiger partial charge is 0.543 e. The van der Waals surface area contributed by atoms with Gasteiger partial charge in [0.2, 0.25) is 0 Å². The Kier molecular flexibility index (Phi) is 148. The van der Waals surface area contributed by atoms with Gasteiger partial charge in [0.05, 0.1) is 11.9 Å². The van der Waals surface area contributed by atoms with Crippen LogP contribution >= 0.6 is 0 Å². The van der Waals surface area contributed by atoms with E-state index in [0.29, 0.717) is 0 Å². The first kappa shape index (κ1) is 58.1. The van der Waals surface area contributed by atoms with Crippen LogP contribution in [0, 0.1) is 0 Å². The molecule has 0 bridgehead atoms. The molecule has 0 aromatic carbocycles. The van der Waals surface area contributed by atoms with Gasteiger partial charge in [-0.3, -0.25) is 0 Å². The Bertz CT molecular complexity index is 78.5. The Hall–Kier alpha value is -0.000260. The van der Waals surface area contributed by atoms with Crippen molar-refractivity contribution < 1.29 is 47.2 Å². The number of carboxylic acids is 2. The van der Waals surface area contributed by atoms with Gasteiger partial charge in [-0.05, 0) is 0 Å². The Labute approximate surface area is 96.5 Å². The largest absolute Gasteiger partial charge is 2.00 e. The Balaban J connectivity index is -0.00000000833. The van der Waals surface area contributed by atoms with Crippen molar-refractivity contribution in [3.8, 4) is 0 Å². The molecule has 0 saturated carbocycles. The van der Waals surface area contributed by atoms with E-state index in [0.717, 1.165) is 0 Å². The number of carboxylic acid groups (broad SMARTS) is 2. The molecule has 12 heavy (non-hydrogen) atoms. The Morgan fingerprint density at radius 3 is 0.750 bits per heavy atom. The molecular weight excluding hydrogens is 208 g/mol. The molecule has 0 atom stereocenters. The SMILES string of the molecule is O.O.O.O.O.O=C([O-])C(=O)[O-].[Ca+2]. The van der Waals surface area contributed by atoms with Crippen LogP contribution in [0.5, 0.6) is 0 Å². The van der Waals surface area contributed by atoms with Gasteiger partial charge in [0.15, 0.2) is 0 Å². The maximum atomic E-state index is 8.93. The zero-order valence-corrected chi connectivity index (χ0v) is 8.05. The number of carbonyl (C=O) groups is 2. The second kappa shape index (κ2) is 30.6. The van der Waals surface area contributed by atoms with Gasteiger partial charge in [-0.25, -0.2) is 0 Å². The quantitative estimate of drug-likeness (QED) is 0.284. The molecule has 0 aromatic heterocycles. The second-order valence-corrected chi connectivity index (χ2v) is 0.575. The molecule has 0 heterocycles. The molecule has 0 unspecified atom stereocenters. The van der Waals surface area contributed by atoms with Crippen molar-refractivity contribution in [3.63, 3.8) is 0 Å². The van der Waals surface area contributed by atoms with Crippen molar-refractivity contribution in [2.24, 2.45) is 0 Å². The summed E-state index contributed by atoms with van der Waals surface area (Å²) in [5.74, 6) is -4.37. The van der Waals surface area contributed by atoms with Crippen LogP contribution in [-0.4, -0.2) is 77.1 Å². The maximum absolute atomic E-state index is 8.93. The van der Waals surface area contributed by atoms with Crippen molar-refractivity contribution in [1.29, 1.82) is 0 Å². The van der Waals surface area contributed by atoms with Crippen LogP contribution in [0.25, 0.3) is 0 Å². The van der Waals surface area contributed by atoms with Crippen molar-refractivity contribution in [2.45, 2.75) is 0 Å². The van der Waals surface area contributed by atoms with Crippen molar-refractivity contribution in [3.05, 3.63) is 0 Å². The fourth-order valence-electron chi connectivity index (χ4n) is 0. The Morgan fingerprint density at radius 1 is 0.667 bits per heavy atom. The molecule has 0 aliphatic heterocycles. The van der Waals surface area contributed by atoms with Gasteiger partial charge in [-0.15, -0.1) is 0 Å². The van der Waals surface area contributed by atoms with Crippen LogP contribution in [0.3, 0.4) is 0 Å². The zero-order valence-electron chi connectivity index (χ0n) is 5.84. The van der Waals surface area contributed by atoms with E-state index in [1.165, 1.54) is 0 Å². The third kappa shape index (κ3) is 50.6. The van der Waals surface area contributed by atoms with Crippen LogP contribution in [0.4, 0.5) is 0 Å². The van der Waals surface area contributed by atoms with Crippen molar-refractivity contribution in [1.82, 2.24) is 0 Å². The van der Waals surface area contributed by atoms with Gasteiger partial charge in [0.1, 0.15) is 0 Å². The Morgan fingerprint density at radius 2 is 0.750 bits per heavy atom. The fraction of sp³-hybridized carbons (Fsp3) is 0. The molecule has 0 saturated heterocycles. The first-order chi connectivity index (χ1) is 2.64. The molecule has 10 N–H and O–H groups in total. The average Bonchev–Trinajstić information content (AvgIpc) is 1.36. The predicted octanol–water partition coefficient (Wildman–Crippen LogP) is -8.02. The van der Waals surface area contributed by atoms with E-state index < -0.39 is 11.9 Å². The van der Waals surface area contributed by atoms with Crippen LogP contribution < -0.4 is 10.2 Å². The number of carbonyl (C=O) groups excluding carboxylic acids is 2. The summed E-state index contributed by atoms with van der Waals surface area (Å²) in [5, 5.41) is 17.9. The molecule has 0 radical (unpaired) electrons. The molecule has 74 valence electrons. The van der Waals surface area contributed by atoms with Gasteiger partial charge in [0.25, 0.3) is 0 Å². The molecule has 0 spiro atoms. The number of hydrogen-bond donors (Lipinski definition) is 0. The molecule has 0 rings (SSSR count). The van der Waals surface area contributed by atoms with E-state index in [1.807, 2.05) is 0 Å². The van der Waals surface area contributed by atoms with Gasteiger partial charge in [0, 0.05) is 0 Å². The number of hydrogen-bond acceptors (Lipinski definition) is 4. The molecule has 0 aliphatic carbocycles. The minimum Gasteiger partial charge on any atom is -0.543 e. The minimum atomic E-state index is -2.19. The number of aliphatic carboxylic acids is 2.